The van der Waals surface area contributed by atoms with E-state index in [1.807, 2.05) is 55.6 Å². The molecular weight excluding hydrogens is 490 g/mol. The Labute approximate surface area is 215 Å². The molecule has 0 bridgehead atoms. The van der Waals surface area contributed by atoms with E-state index in [9.17, 15) is 8.42 Å². The van der Waals surface area contributed by atoms with Gasteiger partial charge in [0.2, 0.25) is 10.0 Å². The van der Waals surface area contributed by atoms with Crippen molar-refractivity contribution in [1.82, 2.24) is 24.5 Å². The molecule has 2 N–H and O–H groups in total. The Kier molecular flexibility index (Phi) is 6.68. The van der Waals surface area contributed by atoms with Gasteiger partial charge in [0.25, 0.3) is 0 Å². The summed E-state index contributed by atoms with van der Waals surface area (Å²) in [5.74, 6) is 1.75. The number of methoxy groups -OCH3 is 1. The molecule has 5 aromatic rings. The van der Waals surface area contributed by atoms with E-state index in [-0.39, 0.29) is 10.9 Å². The molecule has 3 aromatic carbocycles. The maximum absolute atomic E-state index is 13.5. The van der Waals surface area contributed by atoms with Crippen LogP contribution in [-0.2, 0) is 16.6 Å². The van der Waals surface area contributed by atoms with Crippen molar-refractivity contribution in [2.45, 2.75) is 31.3 Å². The maximum Gasteiger partial charge on any atom is 0.322 e. The molecule has 2 heterocycles. The summed E-state index contributed by atoms with van der Waals surface area (Å²) in [7, 11) is -2.31. The standard InChI is InChI=1S/C27H27N5O4S/c1-4-32-26(29-30-27(32)36-22-14-11-20-15-16-28-24(20)17-22)18(2)31-37(33,34)25-8-6-5-7-23(25)19-9-12-21(35-3)13-10-19/h5-18,28,31H,4H2,1-3H3/t18-/m1/s1. The van der Waals surface area contributed by atoms with Crippen molar-refractivity contribution < 1.29 is 17.9 Å². The van der Waals surface area contributed by atoms with Gasteiger partial charge < -0.3 is 14.5 Å². The Bertz CT molecular complexity index is 1640. The second-order valence-corrected chi connectivity index (χ2v) is 10.2. The Hall–Kier alpha value is -4.15. The van der Waals surface area contributed by atoms with Crippen LogP contribution in [0.2, 0.25) is 0 Å². The lowest BCUT2D eigenvalue weighted by molar-refractivity contribution is 0.408. The number of aromatic nitrogens is 4. The highest BCUT2D eigenvalue weighted by Crippen LogP contribution is 2.30. The van der Waals surface area contributed by atoms with E-state index in [4.69, 9.17) is 9.47 Å². The zero-order valence-corrected chi connectivity index (χ0v) is 21.5. The van der Waals surface area contributed by atoms with Gasteiger partial charge in [-0.1, -0.05) is 35.4 Å². The van der Waals surface area contributed by atoms with Crippen LogP contribution in [0.3, 0.4) is 0 Å². The quantitative estimate of drug-likeness (QED) is 0.275. The molecule has 2 aromatic heterocycles. The lowest BCUT2D eigenvalue weighted by atomic mass is 10.1. The van der Waals surface area contributed by atoms with Crippen molar-refractivity contribution in [3.05, 3.63) is 84.8 Å². The van der Waals surface area contributed by atoms with Gasteiger partial charge in [-0.05, 0) is 61.2 Å². The van der Waals surface area contributed by atoms with Crippen LogP contribution in [0, 0.1) is 0 Å². The van der Waals surface area contributed by atoms with E-state index in [0.717, 1.165) is 16.5 Å². The fourth-order valence-electron chi connectivity index (χ4n) is 4.25. The molecule has 0 saturated carbocycles. The topological polar surface area (TPSA) is 111 Å². The molecule has 0 aliphatic heterocycles. The monoisotopic (exact) mass is 517 g/mol. The Morgan fingerprint density at radius 3 is 2.51 bits per heavy atom. The summed E-state index contributed by atoms with van der Waals surface area (Å²) >= 11 is 0. The first-order valence-corrected chi connectivity index (χ1v) is 13.3. The average molecular weight is 518 g/mol. The molecule has 0 fully saturated rings. The first-order valence-electron chi connectivity index (χ1n) is 11.8. The second kappa shape index (κ2) is 10.1. The van der Waals surface area contributed by atoms with Crippen molar-refractivity contribution in [1.29, 1.82) is 0 Å². The largest absolute Gasteiger partial charge is 0.497 e. The molecule has 190 valence electrons. The van der Waals surface area contributed by atoms with Crippen LogP contribution in [0.1, 0.15) is 25.7 Å². The number of sulfonamides is 1. The van der Waals surface area contributed by atoms with Gasteiger partial charge in [-0.3, -0.25) is 4.57 Å². The highest BCUT2D eigenvalue weighted by Gasteiger charge is 2.26. The van der Waals surface area contributed by atoms with Crippen LogP contribution >= 0.6 is 0 Å². The molecule has 1 atom stereocenters. The van der Waals surface area contributed by atoms with Gasteiger partial charge in [0.05, 0.1) is 18.0 Å². The Morgan fingerprint density at radius 1 is 1.00 bits per heavy atom. The van der Waals surface area contributed by atoms with Gasteiger partial charge in [0.15, 0.2) is 5.82 Å². The van der Waals surface area contributed by atoms with Crippen LogP contribution in [0.4, 0.5) is 0 Å². The molecule has 0 spiro atoms. The SMILES string of the molecule is CCn1c(Oc2ccc3cc[nH]c3c2)nnc1[C@@H](C)NS(=O)(=O)c1ccccc1-c1ccc(OC)cc1. The summed E-state index contributed by atoms with van der Waals surface area (Å²) in [6.07, 6.45) is 1.86. The van der Waals surface area contributed by atoms with Gasteiger partial charge in [-0.15, -0.1) is 5.10 Å². The third kappa shape index (κ3) is 4.93. The predicted molar refractivity (Wildman–Crippen MR) is 141 cm³/mol. The molecule has 9 nitrogen and oxygen atoms in total. The molecule has 10 heteroatoms. The molecule has 5 rings (SSSR count). The van der Waals surface area contributed by atoms with E-state index >= 15 is 0 Å². The first-order chi connectivity index (χ1) is 17.9. The molecule has 0 amide bonds. The third-order valence-corrected chi connectivity index (χ3v) is 7.69. The number of aromatic amines is 1. The fourth-order valence-corrected chi connectivity index (χ4v) is 5.68. The van der Waals surface area contributed by atoms with Gasteiger partial charge in [0.1, 0.15) is 11.5 Å². The smallest absolute Gasteiger partial charge is 0.322 e. The van der Waals surface area contributed by atoms with E-state index in [1.54, 1.807) is 48.9 Å². The fraction of sp³-hybridized carbons (Fsp3) is 0.185. The highest BCUT2D eigenvalue weighted by atomic mass is 32.2. The number of benzene rings is 3. The number of H-pyrrole nitrogens is 1. The summed E-state index contributed by atoms with van der Waals surface area (Å²) in [4.78, 5) is 3.33. The van der Waals surface area contributed by atoms with Crippen molar-refractivity contribution in [2.75, 3.05) is 7.11 Å². The van der Waals surface area contributed by atoms with Gasteiger partial charge in [-0.25, -0.2) is 13.1 Å². The van der Waals surface area contributed by atoms with Crippen molar-refractivity contribution in [3.8, 4) is 28.6 Å². The first kappa shape index (κ1) is 24.5. The van der Waals surface area contributed by atoms with Crippen LogP contribution in [-0.4, -0.2) is 35.3 Å². The maximum atomic E-state index is 13.5. The van der Waals surface area contributed by atoms with E-state index in [1.165, 1.54) is 0 Å². The van der Waals surface area contributed by atoms with Crippen molar-refractivity contribution in [3.63, 3.8) is 0 Å². The minimum absolute atomic E-state index is 0.172. The minimum Gasteiger partial charge on any atom is -0.497 e. The predicted octanol–water partition coefficient (Wildman–Crippen LogP) is 5.29. The number of nitrogens with one attached hydrogen (secondary N) is 2. The highest BCUT2D eigenvalue weighted by molar-refractivity contribution is 7.89. The molecule has 0 aliphatic rings. The van der Waals surface area contributed by atoms with E-state index in [0.29, 0.717) is 29.4 Å². The molecule has 37 heavy (non-hydrogen) atoms. The number of hydrogen-bond acceptors (Lipinski definition) is 6. The van der Waals surface area contributed by atoms with Crippen LogP contribution in [0.5, 0.6) is 17.5 Å². The van der Waals surface area contributed by atoms with Crippen LogP contribution in [0.25, 0.3) is 22.0 Å². The lowest BCUT2D eigenvalue weighted by Gasteiger charge is -2.17. The third-order valence-electron chi connectivity index (χ3n) is 6.09. The summed E-state index contributed by atoms with van der Waals surface area (Å²) in [6, 6.07) is 21.4. The molecular formula is C27H27N5O4S. The van der Waals surface area contributed by atoms with Crippen molar-refractivity contribution in [2.24, 2.45) is 0 Å². The van der Waals surface area contributed by atoms with Crippen molar-refractivity contribution >= 4 is 20.9 Å². The van der Waals surface area contributed by atoms with Gasteiger partial charge in [-0.2, -0.15) is 0 Å². The van der Waals surface area contributed by atoms with Gasteiger partial charge >= 0.3 is 6.01 Å². The zero-order valence-electron chi connectivity index (χ0n) is 20.7. The number of nitrogens with zero attached hydrogens (tertiary/aromatic N) is 3. The normalized spacial score (nSPS) is 12.5. The molecule has 0 aliphatic carbocycles. The second-order valence-electron chi connectivity index (χ2n) is 8.48. The number of ether oxygens (including phenoxy) is 2. The summed E-state index contributed by atoms with van der Waals surface area (Å²) in [6.45, 7) is 4.16. The molecule has 0 unspecified atom stereocenters. The van der Waals surface area contributed by atoms with E-state index < -0.39 is 16.1 Å². The molecule has 0 saturated heterocycles. The average Bonchev–Trinajstić information content (AvgIpc) is 3.55. The number of rotatable bonds is 9. The number of fused-ring (bicyclic) bond motifs is 1. The van der Waals surface area contributed by atoms with Crippen LogP contribution in [0.15, 0.2) is 83.9 Å². The zero-order chi connectivity index (χ0) is 26.0. The van der Waals surface area contributed by atoms with Gasteiger partial charge in [0, 0.05) is 29.9 Å². The summed E-state index contributed by atoms with van der Waals surface area (Å²) < 4.78 is 42.7. The summed E-state index contributed by atoms with van der Waals surface area (Å²) in [5, 5.41) is 9.51. The number of hydrogen-bond donors (Lipinski definition) is 2. The van der Waals surface area contributed by atoms with Crippen LogP contribution < -0.4 is 14.2 Å². The molecule has 0 radical (unpaired) electrons. The minimum atomic E-state index is -3.90. The van der Waals surface area contributed by atoms with E-state index in [2.05, 4.69) is 19.9 Å². The summed E-state index contributed by atoms with van der Waals surface area (Å²) in [5.41, 5.74) is 2.29. The Balaban J connectivity index is 1.40. The lowest BCUT2D eigenvalue weighted by Crippen LogP contribution is -2.29. The Morgan fingerprint density at radius 2 is 1.76 bits per heavy atom.